The summed E-state index contributed by atoms with van der Waals surface area (Å²) in [5, 5.41) is 7.24. The number of amides is 1. The van der Waals surface area contributed by atoms with E-state index < -0.39 is 5.91 Å². The number of imidazole rings is 1. The first-order chi connectivity index (χ1) is 15.3. The van der Waals surface area contributed by atoms with E-state index >= 15 is 0 Å². The molecule has 6 N–H and O–H groups in total. The van der Waals surface area contributed by atoms with Crippen molar-refractivity contribution < 1.29 is 4.79 Å². The third-order valence-corrected chi connectivity index (χ3v) is 5.93. The molecule has 3 aromatic rings. The zero-order chi connectivity index (χ0) is 22.8. The number of nitrogens with two attached hydrogens (primary N) is 2. The van der Waals surface area contributed by atoms with Gasteiger partial charge in [0.05, 0.1) is 12.7 Å². The lowest BCUT2D eigenvalue weighted by molar-refractivity contribution is -0.117. The number of primary amides is 1. The van der Waals surface area contributed by atoms with Gasteiger partial charge in [0, 0.05) is 28.8 Å². The van der Waals surface area contributed by atoms with E-state index in [-0.39, 0.29) is 24.5 Å². The fourth-order valence-electron chi connectivity index (χ4n) is 4.11. The molecule has 1 saturated carbocycles. The van der Waals surface area contributed by atoms with Gasteiger partial charge in [-0.1, -0.05) is 24.4 Å². The van der Waals surface area contributed by atoms with Gasteiger partial charge in [-0.2, -0.15) is 9.97 Å². The van der Waals surface area contributed by atoms with E-state index in [1.165, 1.54) is 0 Å². The van der Waals surface area contributed by atoms with E-state index in [4.69, 9.17) is 33.0 Å². The molecule has 32 heavy (non-hydrogen) atoms. The van der Waals surface area contributed by atoms with Crippen molar-refractivity contribution in [3.63, 3.8) is 0 Å². The highest BCUT2D eigenvalue weighted by Crippen LogP contribution is 2.29. The number of fused-ring (bicyclic) bond motifs is 1. The molecule has 2 heterocycles. The maximum atomic E-state index is 11.4. The number of hydrogen-bond donors (Lipinski definition) is 4. The number of anilines is 3. The van der Waals surface area contributed by atoms with Crippen molar-refractivity contribution in [1.82, 2.24) is 19.5 Å². The topological polar surface area (TPSA) is 137 Å². The van der Waals surface area contributed by atoms with Crippen LogP contribution in [0.4, 0.5) is 17.5 Å². The van der Waals surface area contributed by atoms with Crippen LogP contribution in [0.2, 0.25) is 5.02 Å². The highest BCUT2D eigenvalue weighted by atomic mass is 35.5. The van der Waals surface area contributed by atoms with Crippen molar-refractivity contribution in [2.75, 3.05) is 10.6 Å². The van der Waals surface area contributed by atoms with Crippen molar-refractivity contribution in [3.05, 3.63) is 35.1 Å². The van der Waals surface area contributed by atoms with E-state index in [1.807, 2.05) is 10.6 Å². The van der Waals surface area contributed by atoms with E-state index in [9.17, 15) is 4.79 Å². The number of nitrogens with one attached hydrogen (secondary N) is 2. The predicted octanol–water partition coefficient (Wildman–Crippen LogP) is 3.51. The van der Waals surface area contributed by atoms with Gasteiger partial charge in [-0.05, 0) is 50.5 Å². The first-order valence-electron chi connectivity index (χ1n) is 10.9. The second-order valence-corrected chi connectivity index (χ2v) is 9.07. The minimum atomic E-state index is -0.423. The molecule has 2 aromatic heterocycles. The third kappa shape index (κ3) is 4.94. The highest BCUT2D eigenvalue weighted by molar-refractivity contribution is 6.31. The summed E-state index contributed by atoms with van der Waals surface area (Å²) in [6.07, 6.45) is 6.12. The molecule has 0 aliphatic heterocycles. The zero-order valence-electron chi connectivity index (χ0n) is 18.3. The Kier molecular flexibility index (Phi) is 6.48. The van der Waals surface area contributed by atoms with Gasteiger partial charge in [0.2, 0.25) is 11.9 Å². The summed E-state index contributed by atoms with van der Waals surface area (Å²) in [5.41, 5.74) is 14.5. The number of rotatable bonds is 7. The summed E-state index contributed by atoms with van der Waals surface area (Å²) in [5.74, 6) is 0.631. The third-order valence-electron chi connectivity index (χ3n) is 5.71. The average molecular weight is 457 g/mol. The fourth-order valence-corrected chi connectivity index (χ4v) is 4.37. The number of nitrogens with zero attached hydrogens (tertiary/aromatic N) is 4. The maximum Gasteiger partial charge on any atom is 0.227 e. The fraction of sp³-hybridized carbons (Fsp3) is 0.455. The van der Waals surface area contributed by atoms with Crippen LogP contribution in [-0.2, 0) is 11.2 Å². The number of benzene rings is 1. The van der Waals surface area contributed by atoms with Crippen molar-refractivity contribution in [2.45, 2.75) is 64.1 Å². The second-order valence-electron chi connectivity index (χ2n) is 8.63. The summed E-state index contributed by atoms with van der Waals surface area (Å²) >= 11 is 6.27. The van der Waals surface area contributed by atoms with Gasteiger partial charge in [0.25, 0.3) is 0 Å². The Balaban J connectivity index is 1.73. The van der Waals surface area contributed by atoms with E-state index in [0.29, 0.717) is 28.0 Å². The molecule has 1 aliphatic carbocycles. The molecule has 170 valence electrons. The molecule has 2 atom stereocenters. The largest absolute Gasteiger partial charge is 0.369 e. The highest BCUT2D eigenvalue weighted by Gasteiger charge is 2.24. The Labute approximate surface area is 192 Å². The lowest BCUT2D eigenvalue weighted by Crippen LogP contribution is -2.43. The summed E-state index contributed by atoms with van der Waals surface area (Å²) in [4.78, 5) is 25.4. The SMILES string of the molecule is CC(C)n1cnc2c(Nc3cc(Cl)cc(CC(N)=O)c3)nc(NC3CCCCC3N)nc21. The van der Waals surface area contributed by atoms with E-state index in [2.05, 4.69) is 29.5 Å². The summed E-state index contributed by atoms with van der Waals surface area (Å²) in [7, 11) is 0. The average Bonchev–Trinajstić information content (AvgIpc) is 3.13. The zero-order valence-corrected chi connectivity index (χ0v) is 19.1. The van der Waals surface area contributed by atoms with Gasteiger partial charge < -0.3 is 26.7 Å². The van der Waals surface area contributed by atoms with E-state index in [1.54, 1.807) is 18.5 Å². The first-order valence-corrected chi connectivity index (χ1v) is 11.3. The quantitative estimate of drug-likeness (QED) is 0.426. The predicted molar refractivity (Wildman–Crippen MR) is 127 cm³/mol. The number of carbonyl (C=O) groups excluding carboxylic acids is 1. The molecule has 1 aliphatic rings. The Morgan fingerprint density at radius 2 is 2.03 bits per heavy atom. The van der Waals surface area contributed by atoms with Gasteiger partial charge in [0.15, 0.2) is 17.0 Å². The molecule has 0 saturated heterocycles. The van der Waals surface area contributed by atoms with Crippen LogP contribution < -0.4 is 22.1 Å². The smallest absolute Gasteiger partial charge is 0.227 e. The van der Waals surface area contributed by atoms with Crippen LogP contribution in [0, 0.1) is 0 Å². The molecular weight excluding hydrogens is 428 g/mol. The van der Waals surface area contributed by atoms with Crippen LogP contribution in [0.3, 0.4) is 0 Å². The normalized spacial score (nSPS) is 18.8. The molecule has 0 radical (unpaired) electrons. The Bertz CT molecular complexity index is 1130. The maximum absolute atomic E-state index is 11.4. The van der Waals surface area contributed by atoms with Gasteiger partial charge >= 0.3 is 0 Å². The Morgan fingerprint density at radius 3 is 2.75 bits per heavy atom. The lowest BCUT2D eigenvalue weighted by Gasteiger charge is -2.29. The molecular formula is C22H29ClN8O. The van der Waals surface area contributed by atoms with Crippen molar-refractivity contribution >= 4 is 46.1 Å². The molecule has 0 spiro atoms. The molecule has 4 rings (SSSR count). The lowest BCUT2D eigenvalue weighted by atomic mass is 9.91. The van der Waals surface area contributed by atoms with Crippen molar-refractivity contribution in [2.24, 2.45) is 11.5 Å². The van der Waals surface area contributed by atoms with Crippen molar-refractivity contribution in [1.29, 1.82) is 0 Å². The minimum absolute atomic E-state index is 0.0683. The minimum Gasteiger partial charge on any atom is -0.369 e. The second kappa shape index (κ2) is 9.30. The molecule has 0 bridgehead atoms. The van der Waals surface area contributed by atoms with Crippen LogP contribution in [0.25, 0.3) is 11.2 Å². The van der Waals surface area contributed by atoms with Gasteiger partial charge in [-0.25, -0.2) is 4.98 Å². The molecule has 1 fully saturated rings. The van der Waals surface area contributed by atoms with Crippen LogP contribution in [0.1, 0.15) is 51.1 Å². The standard InChI is InChI=1S/C22H29ClN8O/c1-12(2)31-11-26-19-20(27-15-8-13(9-18(25)32)7-14(23)10-15)29-22(30-21(19)31)28-17-6-4-3-5-16(17)24/h7-8,10-12,16-17H,3-6,9,24H2,1-2H3,(H2,25,32)(H2,27,28,29,30). The molecule has 1 amide bonds. The molecule has 10 heteroatoms. The van der Waals surface area contributed by atoms with Crippen LogP contribution >= 0.6 is 11.6 Å². The summed E-state index contributed by atoms with van der Waals surface area (Å²) < 4.78 is 2.00. The number of carbonyl (C=O) groups is 1. The number of halogens is 1. The van der Waals surface area contributed by atoms with Crippen LogP contribution in [0.5, 0.6) is 0 Å². The van der Waals surface area contributed by atoms with Crippen molar-refractivity contribution in [3.8, 4) is 0 Å². The number of aromatic nitrogens is 4. The molecule has 9 nitrogen and oxygen atoms in total. The Hall–Kier alpha value is -2.91. The monoisotopic (exact) mass is 456 g/mol. The van der Waals surface area contributed by atoms with Crippen LogP contribution in [0.15, 0.2) is 24.5 Å². The van der Waals surface area contributed by atoms with E-state index in [0.717, 1.165) is 36.9 Å². The van der Waals surface area contributed by atoms with Gasteiger partial charge in [-0.3, -0.25) is 4.79 Å². The first kappa shape index (κ1) is 22.3. The summed E-state index contributed by atoms with van der Waals surface area (Å²) in [6, 6.07) is 5.69. The summed E-state index contributed by atoms with van der Waals surface area (Å²) in [6.45, 7) is 4.15. The number of hydrogen-bond acceptors (Lipinski definition) is 7. The van der Waals surface area contributed by atoms with Gasteiger partial charge in [0.1, 0.15) is 0 Å². The molecule has 1 aromatic carbocycles. The Morgan fingerprint density at radius 1 is 1.25 bits per heavy atom. The molecule has 2 unspecified atom stereocenters. The van der Waals surface area contributed by atoms with Crippen LogP contribution in [-0.4, -0.2) is 37.5 Å². The van der Waals surface area contributed by atoms with Gasteiger partial charge in [-0.15, -0.1) is 0 Å².